The molecule has 0 aromatic heterocycles. The average Bonchev–Trinajstić information content (AvgIpc) is 2.54. The number of hydrogen-bond donors (Lipinski definition) is 1. The van der Waals surface area contributed by atoms with Gasteiger partial charge in [0.2, 0.25) is 0 Å². The summed E-state index contributed by atoms with van der Waals surface area (Å²) < 4.78 is 0. The van der Waals surface area contributed by atoms with Crippen molar-refractivity contribution >= 4 is 12.1 Å². The second-order valence-electron chi connectivity index (χ2n) is 7.35. The lowest BCUT2D eigenvalue weighted by atomic mass is 9.87. The minimum atomic E-state index is -0.201. The highest BCUT2D eigenvalue weighted by atomic mass is 16.2. The van der Waals surface area contributed by atoms with Crippen LogP contribution in [0.1, 0.15) is 67.6 Å². The van der Waals surface area contributed by atoms with Crippen LogP contribution >= 0.6 is 0 Å². The largest absolute Gasteiger partial charge is 0.271 e. The van der Waals surface area contributed by atoms with Crippen molar-refractivity contribution in [2.24, 2.45) is 5.10 Å². The molecule has 0 spiro atoms. The maximum absolute atomic E-state index is 12.1. The molecule has 0 radical (unpaired) electrons. The van der Waals surface area contributed by atoms with E-state index in [1.807, 2.05) is 36.4 Å². The van der Waals surface area contributed by atoms with E-state index in [9.17, 15) is 4.79 Å². The molecule has 3 heteroatoms. The molecule has 0 aliphatic heterocycles. The van der Waals surface area contributed by atoms with Crippen LogP contribution in [0.3, 0.4) is 0 Å². The summed E-state index contributed by atoms with van der Waals surface area (Å²) in [6.07, 6.45) is 1.66. The van der Waals surface area contributed by atoms with Gasteiger partial charge in [-0.25, -0.2) is 5.43 Å². The lowest BCUT2D eigenvalue weighted by Crippen LogP contribution is -2.17. The van der Waals surface area contributed by atoms with Crippen LogP contribution in [0.15, 0.2) is 53.6 Å². The van der Waals surface area contributed by atoms with Crippen molar-refractivity contribution in [1.82, 2.24) is 5.43 Å². The number of nitrogens with zero attached hydrogens (tertiary/aromatic N) is 1. The van der Waals surface area contributed by atoms with Gasteiger partial charge < -0.3 is 0 Å². The van der Waals surface area contributed by atoms with Crippen LogP contribution in [-0.2, 0) is 5.41 Å². The summed E-state index contributed by atoms with van der Waals surface area (Å²) in [5, 5.41) is 4.04. The lowest BCUT2D eigenvalue weighted by molar-refractivity contribution is 0.0955. The standard InChI is InChI=1S/C21H26N2O/c1-15(2)17-8-10-18(11-9-17)20(24)23-22-14-16-6-12-19(13-7-16)21(3,4)5/h6-15H,1-5H3,(H,23,24). The number of hydrazone groups is 1. The topological polar surface area (TPSA) is 41.5 Å². The van der Waals surface area contributed by atoms with Gasteiger partial charge in [0.15, 0.2) is 0 Å². The van der Waals surface area contributed by atoms with Crippen molar-refractivity contribution in [3.05, 3.63) is 70.8 Å². The Bertz CT molecular complexity index is 705. The Kier molecular flexibility index (Phi) is 5.55. The van der Waals surface area contributed by atoms with Gasteiger partial charge in [0.25, 0.3) is 5.91 Å². The summed E-state index contributed by atoms with van der Waals surface area (Å²) >= 11 is 0. The van der Waals surface area contributed by atoms with E-state index in [2.05, 4.69) is 57.3 Å². The molecule has 0 bridgehead atoms. The van der Waals surface area contributed by atoms with Crippen molar-refractivity contribution in [3.8, 4) is 0 Å². The predicted octanol–water partition coefficient (Wildman–Crippen LogP) is 4.87. The summed E-state index contributed by atoms with van der Waals surface area (Å²) in [6.45, 7) is 10.8. The molecule has 3 nitrogen and oxygen atoms in total. The molecule has 24 heavy (non-hydrogen) atoms. The smallest absolute Gasteiger partial charge is 0.267 e. The Labute approximate surface area is 144 Å². The molecule has 0 aliphatic carbocycles. The number of rotatable bonds is 4. The molecule has 0 saturated heterocycles. The fourth-order valence-corrected chi connectivity index (χ4v) is 2.32. The molecule has 0 fully saturated rings. The zero-order chi connectivity index (χ0) is 17.7. The fraction of sp³-hybridized carbons (Fsp3) is 0.333. The Morgan fingerprint density at radius 2 is 1.58 bits per heavy atom. The van der Waals surface area contributed by atoms with Gasteiger partial charge in [-0.05, 0) is 40.2 Å². The molecule has 126 valence electrons. The maximum Gasteiger partial charge on any atom is 0.271 e. The Morgan fingerprint density at radius 3 is 2.08 bits per heavy atom. The van der Waals surface area contributed by atoms with Crippen LogP contribution in [0.4, 0.5) is 0 Å². The van der Waals surface area contributed by atoms with E-state index < -0.39 is 0 Å². The highest BCUT2D eigenvalue weighted by Crippen LogP contribution is 2.21. The first-order valence-corrected chi connectivity index (χ1v) is 8.31. The van der Waals surface area contributed by atoms with Crippen LogP contribution in [0, 0.1) is 0 Å². The van der Waals surface area contributed by atoms with E-state index in [-0.39, 0.29) is 11.3 Å². The predicted molar refractivity (Wildman–Crippen MR) is 101 cm³/mol. The van der Waals surface area contributed by atoms with Crippen LogP contribution in [-0.4, -0.2) is 12.1 Å². The zero-order valence-electron chi connectivity index (χ0n) is 15.1. The van der Waals surface area contributed by atoms with Crippen molar-refractivity contribution in [2.75, 3.05) is 0 Å². The molecule has 0 unspecified atom stereocenters. The van der Waals surface area contributed by atoms with E-state index in [1.54, 1.807) is 6.21 Å². The molecule has 1 N–H and O–H groups in total. The monoisotopic (exact) mass is 322 g/mol. The Morgan fingerprint density at radius 1 is 1.00 bits per heavy atom. The summed E-state index contributed by atoms with van der Waals surface area (Å²) in [4.78, 5) is 12.1. The quantitative estimate of drug-likeness (QED) is 0.633. The van der Waals surface area contributed by atoms with E-state index in [4.69, 9.17) is 0 Å². The van der Waals surface area contributed by atoms with E-state index in [1.165, 1.54) is 11.1 Å². The molecule has 0 atom stereocenters. The minimum absolute atomic E-state index is 0.131. The van der Waals surface area contributed by atoms with Gasteiger partial charge in [0.1, 0.15) is 0 Å². The second kappa shape index (κ2) is 7.43. The molecule has 0 heterocycles. The Hall–Kier alpha value is -2.42. The van der Waals surface area contributed by atoms with Crippen molar-refractivity contribution in [2.45, 2.75) is 46.0 Å². The third-order valence-corrected chi connectivity index (χ3v) is 4.00. The van der Waals surface area contributed by atoms with Gasteiger partial charge in [-0.3, -0.25) is 4.79 Å². The summed E-state index contributed by atoms with van der Waals surface area (Å²) in [5.41, 5.74) is 6.76. The number of hydrogen-bond acceptors (Lipinski definition) is 2. The van der Waals surface area contributed by atoms with Crippen molar-refractivity contribution in [3.63, 3.8) is 0 Å². The average molecular weight is 322 g/mol. The van der Waals surface area contributed by atoms with Crippen molar-refractivity contribution in [1.29, 1.82) is 0 Å². The number of nitrogens with one attached hydrogen (secondary N) is 1. The number of carbonyl (C=O) groups is 1. The van der Waals surface area contributed by atoms with Gasteiger partial charge in [-0.1, -0.05) is 71.0 Å². The highest BCUT2D eigenvalue weighted by Gasteiger charge is 2.12. The van der Waals surface area contributed by atoms with Crippen LogP contribution < -0.4 is 5.43 Å². The van der Waals surface area contributed by atoms with Crippen LogP contribution in [0.2, 0.25) is 0 Å². The normalized spacial score (nSPS) is 11.9. The SMILES string of the molecule is CC(C)c1ccc(C(=O)NN=Cc2ccc(C(C)(C)C)cc2)cc1. The summed E-state index contributed by atoms with van der Waals surface area (Å²) in [7, 11) is 0. The van der Waals surface area contributed by atoms with E-state index in [0.29, 0.717) is 11.5 Å². The van der Waals surface area contributed by atoms with Gasteiger partial charge in [-0.2, -0.15) is 5.10 Å². The molecular formula is C21H26N2O. The first-order valence-electron chi connectivity index (χ1n) is 8.31. The molecule has 2 aromatic carbocycles. The highest BCUT2D eigenvalue weighted by molar-refractivity contribution is 5.94. The molecular weight excluding hydrogens is 296 g/mol. The summed E-state index contributed by atoms with van der Waals surface area (Å²) in [5.74, 6) is 0.254. The lowest BCUT2D eigenvalue weighted by Gasteiger charge is -2.18. The van der Waals surface area contributed by atoms with E-state index >= 15 is 0 Å². The number of carbonyl (C=O) groups excluding carboxylic acids is 1. The molecule has 0 aliphatic rings. The zero-order valence-corrected chi connectivity index (χ0v) is 15.1. The fourth-order valence-electron chi connectivity index (χ4n) is 2.32. The van der Waals surface area contributed by atoms with Crippen LogP contribution in [0.5, 0.6) is 0 Å². The molecule has 2 aromatic rings. The minimum Gasteiger partial charge on any atom is -0.267 e. The van der Waals surface area contributed by atoms with Gasteiger partial charge in [0.05, 0.1) is 6.21 Å². The maximum atomic E-state index is 12.1. The third-order valence-electron chi connectivity index (χ3n) is 4.00. The molecule has 1 amide bonds. The molecule has 2 rings (SSSR count). The van der Waals surface area contributed by atoms with Gasteiger partial charge in [-0.15, -0.1) is 0 Å². The van der Waals surface area contributed by atoms with Gasteiger partial charge >= 0.3 is 0 Å². The van der Waals surface area contributed by atoms with Gasteiger partial charge in [0, 0.05) is 5.56 Å². The Balaban J connectivity index is 1.97. The molecule has 0 saturated carbocycles. The van der Waals surface area contributed by atoms with Crippen molar-refractivity contribution < 1.29 is 4.79 Å². The number of amides is 1. The van der Waals surface area contributed by atoms with Crippen LogP contribution in [0.25, 0.3) is 0 Å². The first kappa shape index (κ1) is 17.9. The first-order chi connectivity index (χ1) is 11.3. The third kappa shape index (κ3) is 4.79. The summed E-state index contributed by atoms with van der Waals surface area (Å²) in [6, 6.07) is 15.8. The van der Waals surface area contributed by atoms with E-state index in [0.717, 1.165) is 5.56 Å². The second-order valence-corrected chi connectivity index (χ2v) is 7.35. The number of benzene rings is 2.